The Balaban J connectivity index is 0.000001000. The molecule has 1 heterocycles. The molecule has 4 nitrogen and oxygen atoms in total. The zero-order chi connectivity index (χ0) is 7.56. The molecule has 0 aliphatic rings. The Morgan fingerprint density at radius 3 is 2.80 bits per heavy atom. The molecule has 0 spiro atoms. The van der Waals surface area contributed by atoms with E-state index in [2.05, 4.69) is 21.3 Å². The molecule has 10 heavy (non-hydrogen) atoms. The standard InChI is InChI=1S/C5H7N4.U/c1-9(2)5-7-3-6-4-8-5;/h3H,1-2H3;/q-1;/i3T;. The van der Waals surface area contributed by atoms with Crippen molar-refractivity contribution >= 4 is 5.95 Å². The zero-order valence-electron chi connectivity index (χ0n) is 6.79. The smallest absolute Gasteiger partial charge is 0.111 e. The number of anilines is 1. The van der Waals surface area contributed by atoms with E-state index in [-0.39, 0.29) is 37.4 Å². The van der Waals surface area contributed by atoms with E-state index < -0.39 is 0 Å². The van der Waals surface area contributed by atoms with Crippen molar-refractivity contribution in [2.45, 2.75) is 0 Å². The molecule has 0 unspecified atom stereocenters. The van der Waals surface area contributed by atoms with Crippen LogP contribution in [0.2, 0.25) is 0 Å². The number of hydrogen-bond acceptors (Lipinski definition) is 4. The molecular weight excluding hydrogens is 354 g/mol. The van der Waals surface area contributed by atoms with Gasteiger partial charge in [0.1, 0.15) is 5.95 Å². The fraction of sp³-hybridized carbons (Fsp3) is 0.400. The van der Waals surface area contributed by atoms with Crippen molar-refractivity contribution in [1.82, 2.24) is 15.0 Å². The largest absolute Gasteiger partial charge is 0.399 e. The molecule has 52 valence electrons. The maximum Gasteiger partial charge on any atom is 0.111 e. The van der Waals surface area contributed by atoms with E-state index in [0.29, 0.717) is 5.95 Å². The molecule has 0 aliphatic heterocycles. The Morgan fingerprint density at radius 1 is 1.70 bits per heavy atom. The third-order valence-corrected chi connectivity index (χ3v) is 0.800. The summed E-state index contributed by atoms with van der Waals surface area (Å²) in [5.74, 6) is 0.458. The summed E-state index contributed by atoms with van der Waals surface area (Å²) in [6.45, 7) is 0. The molecule has 0 radical (unpaired) electrons. The number of hydrogen-bond donors (Lipinski definition) is 0. The number of aromatic nitrogens is 3. The predicted molar refractivity (Wildman–Crippen MR) is 33.0 cm³/mol. The van der Waals surface area contributed by atoms with Crippen molar-refractivity contribution in [2.24, 2.45) is 0 Å². The van der Waals surface area contributed by atoms with Crippen molar-refractivity contribution in [2.75, 3.05) is 19.0 Å². The molecule has 0 aliphatic carbocycles. The summed E-state index contributed by atoms with van der Waals surface area (Å²) in [7, 11) is 3.59. The Kier molecular flexibility index (Phi) is 3.70. The minimum atomic E-state index is -0.0568. The van der Waals surface area contributed by atoms with Crippen LogP contribution in [0.1, 0.15) is 1.37 Å². The van der Waals surface area contributed by atoms with Gasteiger partial charge in [0.25, 0.3) is 0 Å². The molecule has 0 N–H and O–H groups in total. The quantitative estimate of drug-likeness (QED) is 0.645. The fourth-order valence-electron chi connectivity index (χ4n) is 0.387. The summed E-state index contributed by atoms with van der Waals surface area (Å²) in [5.41, 5.74) is 0. The molecule has 0 bridgehead atoms. The van der Waals surface area contributed by atoms with E-state index in [9.17, 15) is 0 Å². The van der Waals surface area contributed by atoms with Crippen molar-refractivity contribution in [3.63, 3.8) is 0 Å². The summed E-state index contributed by atoms with van der Waals surface area (Å²) in [5, 5.41) is 0. The number of nitrogens with zero attached hydrogens (tertiary/aromatic N) is 4. The van der Waals surface area contributed by atoms with Crippen LogP contribution in [0.5, 0.6) is 0 Å². The molecule has 0 aromatic carbocycles. The molecule has 1 aromatic heterocycles. The molecule has 0 saturated heterocycles. The van der Waals surface area contributed by atoms with Gasteiger partial charge in [-0.25, -0.2) is 0 Å². The Labute approximate surface area is 84.9 Å². The Morgan fingerprint density at radius 2 is 2.40 bits per heavy atom. The first-order valence-electron chi connectivity index (χ1n) is 2.96. The summed E-state index contributed by atoms with van der Waals surface area (Å²) in [4.78, 5) is 12.5. The Hall–Kier alpha value is -0.138. The van der Waals surface area contributed by atoms with Gasteiger partial charge in [-0.05, 0) is 14.1 Å². The van der Waals surface area contributed by atoms with Crippen molar-refractivity contribution in [1.29, 1.82) is 0 Å². The van der Waals surface area contributed by atoms with E-state index in [1.54, 1.807) is 19.0 Å². The second-order valence-corrected chi connectivity index (χ2v) is 1.73. The first-order chi connectivity index (χ1) is 4.70. The van der Waals surface area contributed by atoms with Gasteiger partial charge in [-0.1, -0.05) is 0 Å². The van der Waals surface area contributed by atoms with Crippen LogP contribution in [-0.2, 0) is 0 Å². The fourth-order valence-corrected chi connectivity index (χ4v) is 0.387. The van der Waals surface area contributed by atoms with Gasteiger partial charge in [-0.15, -0.1) is 0 Å². The van der Waals surface area contributed by atoms with E-state index in [0.717, 1.165) is 0 Å². The maximum atomic E-state index is 7.01. The molecule has 0 saturated carbocycles. The minimum Gasteiger partial charge on any atom is -0.399 e. The molecule has 0 atom stereocenters. The summed E-state index contributed by atoms with van der Waals surface area (Å²) in [6.07, 6.45) is 2.26. The SMILES string of the molecule is [3H]c1n[c-]nc(N(C)C)n1.[U]. The van der Waals surface area contributed by atoms with Gasteiger partial charge < -0.3 is 19.9 Å². The number of rotatable bonds is 1. The minimum absolute atomic E-state index is 0. The second kappa shape index (κ2) is 4.64. The monoisotopic (exact) mass is 363 g/mol. The van der Waals surface area contributed by atoms with Gasteiger partial charge in [-0.2, -0.15) is 0 Å². The van der Waals surface area contributed by atoms with Crippen molar-refractivity contribution in [3.05, 3.63) is 12.6 Å². The average molecular weight is 363 g/mol. The second-order valence-electron chi connectivity index (χ2n) is 1.73. The average Bonchev–Trinajstić information content (AvgIpc) is 1.88. The normalized spacial score (nSPS) is 9.60. The first-order valence-corrected chi connectivity index (χ1v) is 2.46. The van der Waals surface area contributed by atoms with E-state index in [4.69, 9.17) is 1.37 Å². The van der Waals surface area contributed by atoms with Crippen LogP contribution < -0.4 is 4.90 Å². The van der Waals surface area contributed by atoms with Crippen molar-refractivity contribution < 1.29 is 32.5 Å². The molecule has 0 fully saturated rings. The van der Waals surface area contributed by atoms with Crippen LogP contribution in [0.15, 0.2) is 6.30 Å². The van der Waals surface area contributed by atoms with Gasteiger partial charge in [0.2, 0.25) is 0 Å². The van der Waals surface area contributed by atoms with Crippen molar-refractivity contribution in [3.8, 4) is 0 Å². The summed E-state index contributed by atoms with van der Waals surface area (Å²) >= 11 is 0. The van der Waals surface area contributed by atoms with Gasteiger partial charge >= 0.3 is 0 Å². The van der Waals surface area contributed by atoms with Gasteiger partial charge in [0, 0.05) is 45.1 Å². The van der Waals surface area contributed by atoms with Crippen LogP contribution in [0.3, 0.4) is 0 Å². The third-order valence-electron chi connectivity index (χ3n) is 0.800. The zero-order valence-corrected chi connectivity index (χ0v) is 9.95. The van der Waals surface area contributed by atoms with E-state index in [1.807, 2.05) is 0 Å². The first kappa shape index (κ1) is 7.96. The topological polar surface area (TPSA) is 41.9 Å². The molecule has 5 heteroatoms. The van der Waals surface area contributed by atoms with Gasteiger partial charge in [0.05, 0.1) is 0 Å². The third kappa shape index (κ3) is 2.63. The van der Waals surface area contributed by atoms with Crippen LogP contribution in [0.25, 0.3) is 0 Å². The van der Waals surface area contributed by atoms with Gasteiger partial charge in [0.15, 0.2) is 0 Å². The summed E-state index contributed by atoms with van der Waals surface area (Å²) in [6, 6.07) is 0. The summed E-state index contributed by atoms with van der Waals surface area (Å²) < 4.78 is 7.01. The van der Waals surface area contributed by atoms with Gasteiger partial charge in [-0.3, -0.25) is 0 Å². The van der Waals surface area contributed by atoms with Crippen LogP contribution in [-0.4, -0.2) is 29.0 Å². The molecule has 1 aromatic rings. The molecule has 0 amide bonds. The predicted octanol–water partition coefficient (Wildman–Crippen LogP) is -0.262. The molecule has 1 rings (SSSR count). The maximum absolute atomic E-state index is 7.01. The van der Waals surface area contributed by atoms with E-state index >= 15 is 0 Å². The van der Waals surface area contributed by atoms with E-state index in [1.165, 1.54) is 0 Å². The van der Waals surface area contributed by atoms with Crippen LogP contribution in [0.4, 0.5) is 5.95 Å². The van der Waals surface area contributed by atoms with Crippen LogP contribution in [0, 0.1) is 37.4 Å². The molecular formula is C5H7N4U-. The van der Waals surface area contributed by atoms with Crippen LogP contribution >= 0.6 is 0 Å². The Bertz CT molecular complexity index is 229.